The van der Waals surface area contributed by atoms with Crippen molar-refractivity contribution in [2.75, 3.05) is 12.9 Å². The Bertz CT molecular complexity index is 1010. The first-order chi connectivity index (χ1) is 13.8. The number of imide groups is 1. The first-order valence-electron chi connectivity index (χ1n) is 9.36. The van der Waals surface area contributed by atoms with E-state index in [1.807, 2.05) is 6.07 Å². The third-order valence-corrected chi connectivity index (χ3v) is 5.39. The molecular formula is C20H22N2O6S. The molecule has 29 heavy (non-hydrogen) atoms. The number of unbranched alkanes of at least 4 members (excludes halogenated alkanes) is 2. The third kappa shape index (κ3) is 5.22. The summed E-state index contributed by atoms with van der Waals surface area (Å²) < 4.78 is 26.5. The maximum atomic E-state index is 12.8. The molecular weight excluding hydrogens is 396 g/mol. The Balaban J connectivity index is 1.62. The van der Waals surface area contributed by atoms with Crippen LogP contribution in [0.3, 0.4) is 0 Å². The molecule has 154 valence electrons. The van der Waals surface area contributed by atoms with Gasteiger partial charge < -0.3 is 4.90 Å². The number of nitrogens with one attached hydrogen (secondary N) is 1. The minimum Gasteiger partial charge on any atom is -0.322 e. The second kappa shape index (κ2) is 8.76. The number of nitrogens with zero attached hydrogens (tertiary/aromatic N) is 1. The van der Waals surface area contributed by atoms with Crippen LogP contribution in [0.4, 0.5) is 0 Å². The van der Waals surface area contributed by atoms with Crippen LogP contribution in [0.1, 0.15) is 53.6 Å². The minimum atomic E-state index is -3.41. The molecule has 1 aromatic carbocycles. The van der Waals surface area contributed by atoms with Gasteiger partial charge in [0.1, 0.15) is 6.04 Å². The van der Waals surface area contributed by atoms with E-state index in [0.29, 0.717) is 31.2 Å². The zero-order valence-electron chi connectivity index (χ0n) is 16.1. The van der Waals surface area contributed by atoms with Crippen molar-refractivity contribution in [2.45, 2.75) is 44.7 Å². The van der Waals surface area contributed by atoms with Crippen molar-refractivity contribution in [1.29, 1.82) is 0 Å². The number of fused-ring (bicyclic) bond motifs is 1. The van der Waals surface area contributed by atoms with E-state index in [1.165, 1.54) is 4.90 Å². The Kier molecular flexibility index (Phi) is 6.35. The molecule has 2 heterocycles. The number of piperidine rings is 1. The maximum Gasteiger partial charge on any atom is 0.264 e. The van der Waals surface area contributed by atoms with Gasteiger partial charge >= 0.3 is 0 Å². The Morgan fingerprint density at radius 1 is 1.24 bits per heavy atom. The van der Waals surface area contributed by atoms with Crippen LogP contribution in [0.2, 0.25) is 0 Å². The van der Waals surface area contributed by atoms with E-state index in [1.54, 1.807) is 12.1 Å². The molecule has 1 atom stereocenters. The molecule has 0 spiro atoms. The fourth-order valence-corrected chi connectivity index (χ4v) is 3.81. The number of rotatable bonds is 6. The van der Waals surface area contributed by atoms with Gasteiger partial charge in [-0.3, -0.25) is 23.9 Å². The Hall–Kier alpha value is -2.70. The SMILES string of the molecule is CS(=O)(=O)OCCCCC#Cc1cccc2c1CN(C1CCC(=O)NC1=O)C2=O. The summed E-state index contributed by atoms with van der Waals surface area (Å²) in [5, 5.41) is 2.29. The minimum absolute atomic E-state index is 0.136. The molecule has 0 aromatic heterocycles. The molecule has 1 N–H and O–H groups in total. The molecule has 0 saturated carbocycles. The quantitative estimate of drug-likeness (QED) is 0.319. The van der Waals surface area contributed by atoms with E-state index in [9.17, 15) is 22.8 Å². The molecule has 0 radical (unpaired) electrons. The van der Waals surface area contributed by atoms with Crippen molar-refractivity contribution in [3.63, 3.8) is 0 Å². The van der Waals surface area contributed by atoms with Gasteiger partial charge in [0, 0.05) is 30.5 Å². The van der Waals surface area contributed by atoms with Crippen molar-refractivity contribution in [3.8, 4) is 11.8 Å². The Morgan fingerprint density at radius 3 is 2.76 bits per heavy atom. The number of carbonyl (C=O) groups excluding carboxylic acids is 3. The smallest absolute Gasteiger partial charge is 0.264 e. The molecule has 8 nitrogen and oxygen atoms in total. The highest BCUT2D eigenvalue weighted by Crippen LogP contribution is 2.29. The lowest BCUT2D eigenvalue weighted by molar-refractivity contribution is -0.136. The van der Waals surface area contributed by atoms with Crippen LogP contribution in [-0.2, 0) is 30.4 Å². The normalized spacial score (nSPS) is 18.9. The number of amides is 3. The van der Waals surface area contributed by atoms with Gasteiger partial charge in [-0.2, -0.15) is 8.42 Å². The molecule has 3 amide bonds. The highest BCUT2D eigenvalue weighted by Gasteiger charge is 2.39. The van der Waals surface area contributed by atoms with E-state index < -0.39 is 22.1 Å². The third-order valence-electron chi connectivity index (χ3n) is 4.80. The number of carbonyl (C=O) groups is 3. The zero-order valence-corrected chi connectivity index (χ0v) is 16.9. The van der Waals surface area contributed by atoms with E-state index in [-0.39, 0.29) is 31.4 Å². The van der Waals surface area contributed by atoms with Gasteiger partial charge in [0.2, 0.25) is 11.8 Å². The van der Waals surface area contributed by atoms with E-state index in [0.717, 1.165) is 17.4 Å². The van der Waals surface area contributed by atoms with E-state index in [2.05, 4.69) is 21.3 Å². The van der Waals surface area contributed by atoms with Crippen LogP contribution in [0.15, 0.2) is 18.2 Å². The second-order valence-corrected chi connectivity index (χ2v) is 8.66. The van der Waals surface area contributed by atoms with Crippen LogP contribution >= 0.6 is 0 Å². The van der Waals surface area contributed by atoms with E-state index in [4.69, 9.17) is 0 Å². The van der Waals surface area contributed by atoms with Crippen LogP contribution < -0.4 is 5.32 Å². The summed E-state index contributed by atoms with van der Waals surface area (Å²) in [5.74, 6) is 5.14. The average molecular weight is 418 g/mol. The summed E-state index contributed by atoms with van der Waals surface area (Å²) in [4.78, 5) is 37.7. The standard InChI is InChI=1S/C20H22N2O6S/c1-29(26,27)28-12-5-3-2-4-7-14-8-6-9-15-16(14)13-22(20(15)25)17-10-11-18(23)21-19(17)24/h6,8-9,17H,2-3,5,10-13H2,1H3,(H,21,23,24). The van der Waals surface area contributed by atoms with Crippen molar-refractivity contribution in [2.24, 2.45) is 0 Å². The van der Waals surface area contributed by atoms with Crippen molar-refractivity contribution >= 4 is 27.8 Å². The van der Waals surface area contributed by atoms with Crippen molar-refractivity contribution in [3.05, 3.63) is 34.9 Å². The molecule has 3 rings (SSSR count). The number of hydrogen-bond donors (Lipinski definition) is 1. The lowest BCUT2D eigenvalue weighted by Crippen LogP contribution is -2.52. The van der Waals surface area contributed by atoms with Crippen molar-refractivity contribution in [1.82, 2.24) is 10.2 Å². The van der Waals surface area contributed by atoms with Gasteiger partial charge in [0.15, 0.2) is 0 Å². The summed E-state index contributed by atoms with van der Waals surface area (Å²) in [7, 11) is -3.41. The Labute approximate surface area is 169 Å². The van der Waals surface area contributed by atoms with Gasteiger partial charge in [-0.15, -0.1) is 0 Å². The first-order valence-corrected chi connectivity index (χ1v) is 11.2. The molecule has 0 aliphatic carbocycles. The maximum absolute atomic E-state index is 12.8. The van der Waals surface area contributed by atoms with E-state index >= 15 is 0 Å². The fourth-order valence-electron chi connectivity index (χ4n) is 3.39. The molecule has 2 aliphatic heterocycles. The molecule has 1 saturated heterocycles. The lowest BCUT2D eigenvalue weighted by Gasteiger charge is -2.29. The van der Waals surface area contributed by atoms with Gasteiger partial charge in [0.05, 0.1) is 12.9 Å². The van der Waals surface area contributed by atoms with Crippen LogP contribution in [0, 0.1) is 11.8 Å². The van der Waals surface area contributed by atoms with Crippen molar-refractivity contribution < 1.29 is 27.0 Å². The van der Waals surface area contributed by atoms with Crippen LogP contribution in [0.5, 0.6) is 0 Å². The summed E-state index contributed by atoms with van der Waals surface area (Å²) in [6.07, 6.45) is 3.40. The van der Waals surface area contributed by atoms with Crippen LogP contribution in [0.25, 0.3) is 0 Å². The topological polar surface area (TPSA) is 110 Å². The monoisotopic (exact) mass is 418 g/mol. The summed E-state index contributed by atoms with van der Waals surface area (Å²) >= 11 is 0. The molecule has 9 heteroatoms. The molecule has 2 aliphatic rings. The summed E-state index contributed by atoms with van der Waals surface area (Å²) in [5.41, 5.74) is 2.05. The predicted octanol–water partition coefficient (Wildman–Crippen LogP) is 0.946. The largest absolute Gasteiger partial charge is 0.322 e. The number of benzene rings is 1. The van der Waals surface area contributed by atoms with Gasteiger partial charge in [-0.1, -0.05) is 17.9 Å². The Morgan fingerprint density at radius 2 is 2.03 bits per heavy atom. The fraction of sp³-hybridized carbons (Fsp3) is 0.450. The molecule has 1 aromatic rings. The average Bonchev–Trinajstić information content (AvgIpc) is 2.97. The molecule has 1 unspecified atom stereocenters. The highest BCUT2D eigenvalue weighted by molar-refractivity contribution is 7.85. The predicted molar refractivity (Wildman–Crippen MR) is 104 cm³/mol. The molecule has 1 fully saturated rings. The highest BCUT2D eigenvalue weighted by atomic mass is 32.2. The van der Waals surface area contributed by atoms with Crippen LogP contribution in [-0.4, -0.2) is 49.9 Å². The zero-order chi connectivity index (χ0) is 21.0. The first kappa shape index (κ1) is 21.0. The van der Waals surface area contributed by atoms with Gasteiger partial charge in [-0.05, 0) is 37.0 Å². The summed E-state index contributed by atoms with van der Waals surface area (Å²) in [6.45, 7) is 0.421. The summed E-state index contributed by atoms with van der Waals surface area (Å²) in [6, 6.07) is 4.66. The number of hydrogen-bond acceptors (Lipinski definition) is 6. The second-order valence-electron chi connectivity index (χ2n) is 7.02. The van der Waals surface area contributed by atoms with Gasteiger partial charge in [0.25, 0.3) is 16.0 Å². The lowest BCUT2D eigenvalue weighted by atomic mass is 10.0. The van der Waals surface area contributed by atoms with Gasteiger partial charge in [-0.25, -0.2) is 0 Å². The molecule has 0 bridgehead atoms.